The van der Waals surface area contributed by atoms with Gasteiger partial charge in [-0.2, -0.15) is 0 Å². The van der Waals surface area contributed by atoms with E-state index in [-0.39, 0.29) is 12.1 Å². The topological polar surface area (TPSA) is 50.1 Å². The predicted molar refractivity (Wildman–Crippen MR) is 49.3 cm³/mol. The average molecular weight is 181 g/mol. The molecule has 4 nitrogen and oxygen atoms in total. The minimum absolute atomic E-state index is 0.204. The molecule has 0 amide bonds. The molecule has 72 valence electrons. The Bertz CT molecular complexity index is 284. The van der Waals surface area contributed by atoms with E-state index in [1.54, 1.807) is 0 Å². The summed E-state index contributed by atoms with van der Waals surface area (Å²) in [5.41, 5.74) is 1.18. The molecule has 4 heteroatoms. The monoisotopic (exact) mass is 181 g/mol. The Balaban J connectivity index is 2.16. The highest BCUT2D eigenvalue weighted by Gasteiger charge is 2.25. The SMILES string of the molecule is CCn1cncc1C1CC(O)CN1. The van der Waals surface area contributed by atoms with Crippen molar-refractivity contribution in [3.8, 4) is 0 Å². The van der Waals surface area contributed by atoms with E-state index in [0.29, 0.717) is 6.54 Å². The van der Waals surface area contributed by atoms with Gasteiger partial charge in [0.1, 0.15) is 0 Å². The number of aliphatic hydroxyl groups is 1. The first-order chi connectivity index (χ1) is 6.31. The van der Waals surface area contributed by atoms with Crippen molar-refractivity contribution >= 4 is 0 Å². The van der Waals surface area contributed by atoms with Gasteiger partial charge in [0.2, 0.25) is 0 Å². The molecule has 1 saturated heterocycles. The summed E-state index contributed by atoms with van der Waals surface area (Å²) in [6.07, 6.45) is 4.30. The first-order valence-electron chi connectivity index (χ1n) is 4.72. The molecule has 2 atom stereocenters. The summed E-state index contributed by atoms with van der Waals surface area (Å²) in [4.78, 5) is 4.10. The molecule has 0 bridgehead atoms. The highest BCUT2D eigenvalue weighted by Crippen LogP contribution is 2.22. The molecule has 2 unspecified atom stereocenters. The Hall–Kier alpha value is -0.870. The highest BCUT2D eigenvalue weighted by atomic mass is 16.3. The predicted octanol–water partition coefficient (Wildman–Crippen LogP) is 0.298. The Morgan fingerprint density at radius 3 is 3.23 bits per heavy atom. The number of nitrogens with zero attached hydrogens (tertiary/aromatic N) is 2. The third-order valence-electron chi connectivity index (χ3n) is 2.55. The largest absolute Gasteiger partial charge is 0.392 e. The molecule has 2 rings (SSSR count). The second-order valence-corrected chi connectivity index (χ2v) is 3.45. The van der Waals surface area contributed by atoms with Crippen LogP contribution in [0.5, 0.6) is 0 Å². The summed E-state index contributed by atoms with van der Waals surface area (Å²) in [7, 11) is 0. The van der Waals surface area contributed by atoms with Crippen LogP contribution in [0.15, 0.2) is 12.5 Å². The third kappa shape index (κ3) is 1.59. The van der Waals surface area contributed by atoms with Crippen molar-refractivity contribution in [2.75, 3.05) is 6.54 Å². The van der Waals surface area contributed by atoms with Gasteiger partial charge in [0, 0.05) is 19.3 Å². The van der Waals surface area contributed by atoms with E-state index in [1.807, 2.05) is 12.5 Å². The normalized spacial score (nSPS) is 28.2. The smallest absolute Gasteiger partial charge is 0.0948 e. The number of aromatic nitrogens is 2. The maximum Gasteiger partial charge on any atom is 0.0948 e. The molecule has 0 radical (unpaired) electrons. The standard InChI is InChI=1S/C9H15N3O/c1-2-12-6-10-5-9(12)8-3-7(13)4-11-8/h5-8,11,13H,2-4H2,1H3. The number of hydrogen-bond donors (Lipinski definition) is 2. The molecule has 1 aliphatic rings. The second-order valence-electron chi connectivity index (χ2n) is 3.45. The van der Waals surface area contributed by atoms with Crippen LogP contribution in [0.25, 0.3) is 0 Å². The maximum absolute atomic E-state index is 9.37. The van der Waals surface area contributed by atoms with Gasteiger partial charge < -0.3 is 15.0 Å². The van der Waals surface area contributed by atoms with E-state index in [2.05, 4.69) is 21.8 Å². The molecule has 1 aliphatic heterocycles. The van der Waals surface area contributed by atoms with Gasteiger partial charge in [0.05, 0.1) is 24.2 Å². The van der Waals surface area contributed by atoms with Crippen LogP contribution < -0.4 is 5.32 Å². The first-order valence-corrected chi connectivity index (χ1v) is 4.72. The molecule has 1 aromatic heterocycles. The van der Waals surface area contributed by atoms with Gasteiger partial charge in [-0.15, -0.1) is 0 Å². The number of imidazole rings is 1. The molecule has 2 N–H and O–H groups in total. The summed E-state index contributed by atoms with van der Waals surface area (Å²) in [5, 5.41) is 12.6. The lowest BCUT2D eigenvalue weighted by atomic mass is 10.1. The highest BCUT2D eigenvalue weighted by molar-refractivity contribution is 5.08. The van der Waals surface area contributed by atoms with E-state index in [1.165, 1.54) is 5.69 Å². The fourth-order valence-electron chi connectivity index (χ4n) is 1.83. The fraction of sp³-hybridized carbons (Fsp3) is 0.667. The van der Waals surface area contributed by atoms with E-state index >= 15 is 0 Å². The molecule has 2 heterocycles. The van der Waals surface area contributed by atoms with E-state index in [0.717, 1.165) is 13.0 Å². The Labute approximate surface area is 77.6 Å². The Morgan fingerprint density at radius 2 is 2.62 bits per heavy atom. The Morgan fingerprint density at radius 1 is 1.77 bits per heavy atom. The second kappa shape index (κ2) is 3.47. The lowest BCUT2D eigenvalue weighted by molar-refractivity contribution is 0.193. The van der Waals surface area contributed by atoms with Gasteiger partial charge in [-0.1, -0.05) is 0 Å². The molecule has 0 spiro atoms. The molecule has 0 aliphatic carbocycles. The summed E-state index contributed by atoms with van der Waals surface area (Å²) in [6, 6.07) is 0.275. The molecule has 0 saturated carbocycles. The number of nitrogens with one attached hydrogen (secondary N) is 1. The van der Waals surface area contributed by atoms with Gasteiger partial charge in [0.25, 0.3) is 0 Å². The number of rotatable bonds is 2. The number of hydrogen-bond acceptors (Lipinski definition) is 3. The van der Waals surface area contributed by atoms with Gasteiger partial charge in [-0.3, -0.25) is 0 Å². The zero-order valence-corrected chi connectivity index (χ0v) is 7.77. The summed E-state index contributed by atoms with van der Waals surface area (Å²) < 4.78 is 2.11. The first kappa shape index (κ1) is 8.72. The molecule has 1 aromatic rings. The molecule has 13 heavy (non-hydrogen) atoms. The zero-order valence-electron chi connectivity index (χ0n) is 7.77. The van der Waals surface area contributed by atoms with Crippen molar-refractivity contribution < 1.29 is 5.11 Å². The quantitative estimate of drug-likeness (QED) is 0.690. The third-order valence-corrected chi connectivity index (χ3v) is 2.55. The number of β-amino-alcohol motifs (C(OH)–C–C–N with tert-alkyl or cyclic N) is 1. The lowest BCUT2D eigenvalue weighted by Gasteiger charge is -2.11. The van der Waals surface area contributed by atoms with Crippen LogP contribution in [-0.2, 0) is 6.54 Å². The molecular weight excluding hydrogens is 166 g/mol. The van der Waals surface area contributed by atoms with Crippen LogP contribution in [0, 0.1) is 0 Å². The maximum atomic E-state index is 9.37. The van der Waals surface area contributed by atoms with Crippen molar-refractivity contribution in [1.82, 2.24) is 14.9 Å². The minimum atomic E-state index is -0.204. The molecule has 0 aromatic carbocycles. The van der Waals surface area contributed by atoms with Gasteiger partial charge in [0.15, 0.2) is 0 Å². The Kier molecular flexibility index (Phi) is 2.33. The van der Waals surface area contributed by atoms with Crippen LogP contribution in [0.2, 0.25) is 0 Å². The molecule has 1 fully saturated rings. The van der Waals surface area contributed by atoms with Gasteiger partial charge >= 0.3 is 0 Å². The lowest BCUT2D eigenvalue weighted by Crippen LogP contribution is -2.17. The van der Waals surface area contributed by atoms with E-state index < -0.39 is 0 Å². The van der Waals surface area contributed by atoms with Crippen LogP contribution >= 0.6 is 0 Å². The molecular formula is C9H15N3O. The van der Waals surface area contributed by atoms with Crippen LogP contribution in [0.4, 0.5) is 0 Å². The zero-order chi connectivity index (χ0) is 9.26. The fourth-order valence-corrected chi connectivity index (χ4v) is 1.83. The van der Waals surface area contributed by atoms with Gasteiger partial charge in [-0.05, 0) is 13.3 Å². The minimum Gasteiger partial charge on any atom is -0.392 e. The average Bonchev–Trinajstić information content (AvgIpc) is 2.71. The van der Waals surface area contributed by atoms with E-state index in [4.69, 9.17) is 0 Å². The number of aliphatic hydroxyl groups excluding tert-OH is 1. The van der Waals surface area contributed by atoms with Crippen LogP contribution in [0.3, 0.4) is 0 Å². The summed E-state index contributed by atoms with van der Waals surface area (Å²) in [6.45, 7) is 3.72. The van der Waals surface area contributed by atoms with Crippen molar-refractivity contribution in [3.63, 3.8) is 0 Å². The van der Waals surface area contributed by atoms with Crippen molar-refractivity contribution in [3.05, 3.63) is 18.2 Å². The summed E-state index contributed by atoms with van der Waals surface area (Å²) >= 11 is 0. The van der Waals surface area contributed by atoms with Crippen LogP contribution in [-0.4, -0.2) is 27.3 Å². The van der Waals surface area contributed by atoms with Crippen molar-refractivity contribution in [2.45, 2.75) is 32.0 Å². The van der Waals surface area contributed by atoms with Crippen molar-refractivity contribution in [1.29, 1.82) is 0 Å². The van der Waals surface area contributed by atoms with Gasteiger partial charge in [-0.25, -0.2) is 4.98 Å². The van der Waals surface area contributed by atoms with E-state index in [9.17, 15) is 5.11 Å². The summed E-state index contributed by atoms with van der Waals surface area (Å²) in [5.74, 6) is 0. The number of aryl methyl sites for hydroxylation is 1. The van der Waals surface area contributed by atoms with Crippen LogP contribution in [0.1, 0.15) is 25.1 Å². The van der Waals surface area contributed by atoms with Crippen molar-refractivity contribution in [2.24, 2.45) is 0 Å².